The summed E-state index contributed by atoms with van der Waals surface area (Å²) >= 11 is 1.29. The summed E-state index contributed by atoms with van der Waals surface area (Å²) < 4.78 is 4.83. The van der Waals surface area contributed by atoms with Gasteiger partial charge in [-0.25, -0.2) is 9.78 Å². The Balaban J connectivity index is 2.70. The summed E-state index contributed by atoms with van der Waals surface area (Å²) in [7, 11) is 1.52. The van der Waals surface area contributed by atoms with Gasteiger partial charge in [0.05, 0.1) is 12.0 Å². The Kier molecular flexibility index (Phi) is 2.82. The van der Waals surface area contributed by atoms with Crippen LogP contribution in [-0.4, -0.2) is 23.2 Å². The molecular weight excluding hydrogens is 178 g/mol. The molecule has 4 nitrogen and oxygen atoms in total. The minimum Gasteiger partial charge on any atom is -0.478 e. The summed E-state index contributed by atoms with van der Waals surface area (Å²) in [6, 6.07) is 0. The van der Waals surface area contributed by atoms with Crippen LogP contribution in [0.15, 0.2) is 12.3 Å². The van der Waals surface area contributed by atoms with Crippen molar-refractivity contribution >= 4 is 23.4 Å². The maximum absolute atomic E-state index is 10.1. The fraction of sp³-hybridized carbons (Fsp3) is 0.143. The number of aromatic nitrogens is 1. The number of rotatable bonds is 3. The van der Waals surface area contributed by atoms with E-state index in [2.05, 4.69) is 4.98 Å². The average molecular weight is 185 g/mol. The molecule has 1 aromatic rings. The molecular formula is C7H7NO3S. The summed E-state index contributed by atoms with van der Waals surface area (Å²) in [5, 5.41) is 8.83. The smallest absolute Gasteiger partial charge is 0.328 e. The van der Waals surface area contributed by atoms with Crippen molar-refractivity contribution in [1.29, 1.82) is 0 Å². The van der Waals surface area contributed by atoms with Crippen LogP contribution in [-0.2, 0) is 4.79 Å². The maximum atomic E-state index is 10.1. The van der Waals surface area contributed by atoms with E-state index in [1.54, 1.807) is 6.20 Å². The number of carbonyl (C=O) groups is 1. The largest absolute Gasteiger partial charge is 0.478 e. The van der Waals surface area contributed by atoms with Crippen LogP contribution in [0.4, 0.5) is 0 Å². The van der Waals surface area contributed by atoms with Gasteiger partial charge < -0.3 is 9.84 Å². The van der Waals surface area contributed by atoms with Gasteiger partial charge in [-0.2, -0.15) is 0 Å². The lowest BCUT2D eigenvalue weighted by molar-refractivity contribution is -0.131. The van der Waals surface area contributed by atoms with Crippen LogP contribution in [0.1, 0.15) is 4.88 Å². The second-order valence-corrected chi connectivity index (χ2v) is 2.93. The second-order valence-electron chi connectivity index (χ2n) is 1.90. The first kappa shape index (κ1) is 8.73. The Morgan fingerprint density at radius 1 is 1.83 bits per heavy atom. The quantitative estimate of drug-likeness (QED) is 0.720. The van der Waals surface area contributed by atoms with Crippen molar-refractivity contribution in [1.82, 2.24) is 4.98 Å². The van der Waals surface area contributed by atoms with Crippen molar-refractivity contribution in [3.8, 4) is 5.19 Å². The topological polar surface area (TPSA) is 59.4 Å². The van der Waals surface area contributed by atoms with Crippen molar-refractivity contribution in [3.63, 3.8) is 0 Å². The molecule has 64 valence electrons. The van der Waals surface area contributed by atoms with E-state index in [-0.39, 0.29) is 0 Å². The minimum absolute atomic E-state index is 0.528. The van der Waals surface area contributed by atoms with Crippen LogP contribution in [0.5, 0.6) is 5.19 Å². The van der Waals surface area contributed by atoms with Crippen molar-refractivity contribution in [2.75, 3.05) is 7.11 Å². The molecule has 1 heterocycles. The molecule has 0 saturated carbocycles. The van der Waals surface area contributed by atoms with E-state index in [0.717, 1.165) is 11.0 Å². The van der Waals surface area contributed by atoms with Gasteiger partial charge in [0.25, 0.3) is 5.19 Å². The van der Waals surface area contributed by atoms with Crippen LogP contribution < -0.4 is 4.74 Å². The Hall–Kier alpha value is -1.36. The van der Waals surface area contributed by atoms with Crippen LogP contribution in [0.2, 0.25) is 0 Å². The molecule has 1 aromatic heterocycles. The van der Waals surface area contributed by atoms with Gasteiger partial charge >= 0.3 is 5.97 Å². The highest BCUT2D eigenvalue weighted by Crippen LogP contribution is 2.20. The average Bonchev–Trinajstić information content (AvgIpc) is 2.48. The van der Waals surface area contributed by atoms with E-state index in [0.29, 0.717) is 5.19 Å². The number of hydrogen-bond acceptors (Lipinski definition) is 4. The molecule has 5 heteroatoms. The van der Waals surface area contributed by atoms with Gasteiger partial charge in [-0.15, -0.1) is 0 Å². The summed E-state index contributed by atoms with van der Waals surface area (Å²) in [6.45, 7) is 0. The van der Waals surface area contributed by atoms with Gasteiger partial charge in [-0.1, -0.05) is 11.3 Å². The van der Waals surface area contributed by atoms with Gasteiger partial charge in [0, 0.05) is 12.3 Å². The van der Waals surface area contributed by atoms with E-state index in [1.807, 2.05) is 0 Å². The summed E-state index contributed by atoms with van der Waals surface area (Å²) in [5.41, 5.74) is 0. The summed E-state index contributed by atoms with van der Waals surface area (Å²) in [5.74, 6) is -0.970. The molecule has 1 rings (SSSR count). The fourth-order valence-corrected chi connectivity index (χ4v) is 1.23. The van der Waals surface area contributed by atoms with Crippen LogP contribution >= 0.6 is 11.3 Å². The number of carboxylic acids is 1. The third-order valence-electron chi connectivity index (χ3n) is 1.07. The fourth-order valence-electron chi connectivity index (χ4n) is 0.595. The van der Waals surface area contributed by atoms with Gasteiger partial charge in [-0.05, 0) is 6.08 Å². The number of ether oxygens (including phenoxy) is 1. The Labute approximate surface area is 73.1 Å². The number of hydrogen-bond donors (Lipinski definition) is 1. The van der Waals surface area contributed by atoms with E-state index in [9.17, 15) is 4.79 Å². The van der Waals surface area contributed by atoms with Gasteiger partial charge in [0.15, 0.2) is 0 Å². The maximum Gasteiger partial charge on any atom is 0.328 e. The molecule has 12 heavy (non-hydrogen) atoms. The molecule has 0 saturated heterocycles. The third kappa shape index (κ3) is 2.35. The summed E-state index contributed by atoms with van der Waals surface area (Å²) in [6.07, 6.45) is 4.10. The van der Waals surface area contributed by atoms with Gasteiger partial charge in [-0.3, -0.25) is 0 Å². The highest BCUT2D eigenvalue weighted by molar-refractivity contribution is 7.14. The lowest BCUT2D eigenvalue weighted by Crippen LogP contribution is -1.84. The normalized spacial score (nSPS) is 10.4. The predicted octanol–water partition coefficient (Wildman–Crippen LogP) is 1.25. The lowest BCUT2D eigenvalue weighted by atomic mass is 10.4. The zero-order valence-electron chi connectivity index (χ0n) is 6.35. The molecule has 0 aliphatic heterocycles. The monoisotopic (exact) mass is 185 g/mol. The molecule has 0 atom stereocenters. The van der Waals surface area contributed by atoms with E-state index >= 15 is 0 Å². The predicted molar refractivity (Wildman–Crippen MR) is 45.3 cm³/mol. The van der Waals surface area contributed by atoms with Crippen molar-refractivity contribution < 1.29 is 14.6 Å². The Morgan fingerprint density at radius 2 is 2.58 bits per heavy atom. The molecule has 0 aliphatic carbocycles. The first-order chi connectivity index (χ1) is 5.72. The van der Waals surface area contributed by atoms with Crippen molar-refractivity contribution in [2.45, 2.75) is 0 Å². The molecule has 0 fully saturated rings. The molecule has 0 radical (unpaired) electrons. The molecule has 1 N–H and O–H groups in total. The van der Waals surface area contributed by atoms with Crippen molar-refractivity contribution in [3.05, 3.63) is 17.2 Å². The minimum atomic E-state index is -0.970. The van der Waals surface area contributed by atoms with Crippen LogP contribution in [0.3, 0.4) is 0 Å². The standard InChI is InChI=1S/C7H7NO3S/c1-11-7-8-4-5(12-7)2-3-6(9)10/h2-4H,1H3,(H,9,10)/b3-2+. The first-order valence-electron chi connectivity index (χ1n) is 3.13. The highest BCUT2D eigenvalue weighted by Gasteiger charge is 1.97. The van der Waals surface area contributed by atoms with E-state index in [4.69, 9.17) is 9.84 Å². The lowest BCUT2D eigenvalue weighted by Gasteiger charge is -1.85. The third-order valence-corrected chi connectivity index (χ3v) is 1.99. The molecule has 0 spiro atoms. The number of thiazole rings is 1. The zero-order valence-corrected chi connectivity index (χ0v) is 7.17. The molecule has 0 bridgehead atoms. The van der Waals surface area contributed by atoms with Gasteiger partial charge in [0.2, 0.25) is 0 Å². The first-order valence-corrected chi connectivity index (χ1v) is 3.95. The number of nitrogens with zero attached hydrogens (tertiary/aromatic N) is 1. The number of aliphatic carboxylic acids is 1. The van der Waals surface area contributed by atoms with Crippen molar-refractivity contribution in [2.24, 2.45) is 0 Å². The highest BCUT2D eigenvalue weighted by atomic mass is 32.1. The molecule has 0 aliphatic rings. The van der Waals surface area contributed by atoms with Crippen LogP contribution in [0.25, 0.3) is 6.08 Å². The molecule has 0 amide bonds. The number of methoxy groups -OCH3 is 1. The molecule has 0 aromatic carbocycles. The Bertz CT molecular complexity index is 305. The number of carboxylic acid groups (broad SMARTS) is 1. The SMILES string of the molecule is COc1ncc(/C=C/C(=O)O)s1. The summed E-state index contributed by atoms with van der Waals surface area (Å²) in [4.78, 5) is 14.7. The van der Waals surface area contributed by atoms with E-state index in [1.165, 1.54) is 24.5 Å². The zero-order chi connectivity index (χ0) is 8.97. The van der Waals surface area contributed by atoms with Crippen LogP contribution in [0, 0.1) is 0 Å². The van der Waals surface area contributed by atoms with E-state index < -0.39 is 5.97 Å². The Morgan fingerprint density at radius 3 is 3.08 bits per heavy atom. The second kappa shape index (κ2) is 3.87. The molecule has 0 unspecified atom stereocenters. The van der Waals surface area contributed by atoms with Gasteiger partial charge in [0.1, 0.15) is 0 Å².